The van der Waals surface area contributed by atoms with Crippen molar-refractivity contribution in [3.8, 4) is 5.75 Å². The SMILES string of the molecule is COc1cccc2[nH]c(C(=O)N(C)[C@@H]3COC[C@@H](OC)[C@H]3O)cc12. The molecule has 1 aliphatic heterocycles. The summed E-state index contributed by atoms with van der Waals surface area (Å²) < 4.78 is 16.0. The van der Waals surface area contributed by atoms with Crippen molar-refractivity contribution >= 4 is 16.8 Å². The average molecular weight is 334 g/mol. The first-order valence-corrected chi connectivity index (χ1v) is 7.78. The molecule has 1 amide bonds. The van der Waals surface area contributed by atoms with E-state index < -0.39 is 18.2 Å². The van der Waals surface area contributed by atoms with Crippen LogP contribution in [0.15, 0.2) is 24.3 Å². The maximum atomic E-state index is 12.8. The number of likely N-dealkylation sites (N-methyl/N-ethyl adjacent to an activating group) is 1. The molecule has 0 unspecified atom stereocenters. The van der Waals surface area contributed by atoms with Crippen molar-refractivity contribution in [2.24, 2.45) is 0 Å². The van der Waals surface area contributed by atoms with Crippen LogP contribution in [-0.2, 0) is 9.47 Å². The zero-order valence-electron chi connectivity index (χ0n) is 14.0. The Morgan fingerprint density at radius 2 is 2.17 bits per heavy atom. The summed E-state index contributed by atoms with van der Waals surface area (Å²) in [5, 5.41) is 11.2. The molecule has 0 saturated carbocycles. The molecular formula is C17H22N2O5. The molecule has 0 aliphatic carbocycles. The van der Waals surface area contributed by atoms with Crippen molar-refractivity contribution in [2.75, 3.05) is 34.5 Å². The number of carbonyl (C=O) groups excluding carboxylic acids is 1. The summed E-state index contributed by atoms with van der Waals surface area (Å²) in [5.41, 5.74) is 1.25. The molecule has 130 valence electrons. The number of rotatable bonds is 4. The molecule has 2 aromatic rings. The Bertz CT molecular complexity index is 729. The third-order valence-electron chi connectivity index (χ3n) is 4.54. The lowest BCUT2D eigenvalue weighted by Gasteiger charge is -2.38. The van der Waals surface area contributed by atoms with Gasteiger partial charge in [-0.1, -0.05) is 6.07 Å². The lowest BCUT2D eigenvalue weighted by Crippen LogP contribution is -2.56. The van der Waals surface area contributed by atoms with Crippen molar-refractivity contribution in [3.63, 3.8) is 0 Å². The number of H-pyrrole nitrogens is 1. The predicted molar refractivity (Wildman–Crippen MR) is 88.4 cm³/mol. The van der Waals surface area contributed by atoms with E-state index in [1.165, 1.54) is 12.0 Å². The first-order valence-electron chi connectivity index (χ1n) is 7.78. The molecule has 0 spiro atoms. The van der Waals surface area contributed by atoms with Crippen molar-refractivity contribution in [1.82, 2.24) is 9.88 Å². The number of carbonyl (C=O) groups is 1. The van der Waals surface area contributed by atoms with Gasteiger partial charge in [0.1, 0.15) is 23.7 Å². The van der Waals surface area contributed by atoms with Crippen LogP contribution in [0.1, 0.15) is 10.5 Å². The van der Waals surface area contributed by atoms with E-state index in [9.17, 15) is 9.90 Å². The summed E-state index contributed by atoms with van der Waals surface area (Å²) in [6.07, 6.45) is -1.24. The Morgan fingerprint density at radius 1 is 1.38 bits per heavy atom. The Balaban J connectivity index is 1.85. The molecule has 1 aromatic heterocycles. The van der Waals surface area contributed by atoms with Gasteiger partial charge in [-0.2, -0.15) is 0 Å². The Kier molecular flexibility index (Phi) is 4.75. The number of aliphatic hydroxyl groups is 1. The van der Waals surface area contributed by atoms with Crippen LogP contribution < -0.4 is 4.74 Å². The molecule has 0 bridgehead atoms. The van der Waals surface area contributed by atoms with Gasteiger partial charge in [0, 0.05) is 25.1 Å². The van der Waals surface area contributed by atoms with Gasteiger partial charge >= 0.3 is 0 Å². The number of aromatic nitrogens is 1. The van der Waals surface area contributed by atoms with Crippen molar-refractivity contribution in [2.45, 2.75) is 18.2 Å². The summed E-state index contributed by atoms with van der Waals surface area (Å²) in [4.78, 5) is 17.4. The second-order valence-corrected chi connectivity index (χ2v) is 5.89. The predicted octanol–water partition coefficient (Wildman–Crippen LogP) is 1.02. The number of aliphatic hydroxyl groups excluding tert-OH is 1. The van der Waals surface area contributed by atoms with E-state index in [2.05, 4.69) is 4.98 Å². The lowest BCUT2D eigenvalue weighted by molar-refractivity contribution is -0.135. The summed E-state index contributed by atoms with van der Waals surface area (Å²) in [5.74, 6) is 0.476. The molecule has 1 aliphatic rings. The summed E-state index contributed by atoms with van der Waals surface area (Å²) in [6.45, 7) is 0.590. The van der Waals surface area contributed by atoms with Gasteiger partial charge in [0.25, 0.3) is 5.91 Å². The van der Waals surface area contributed by atoms with Gasteiger partial charge in [0.05, 0.1) is 26.4 Å². The van der Waals surface area contributed by atoms with Crippen LogP contribution in [0.2, 0.25) is 0 Å². The highest BCUT2D eigenvalue weighted by atomic mass is 16.5. The molecule has 7 heteroatoms. The number of hydrogen-bond acceptors (Lipinski definition) is 5. The molecular weight excluding hydrogens is 312 g/mol. The van der Waals surface area contributed by atoms with Crippen LogP contribution >= 0.6 is 0 Å². The Labute approximate surface area is 140 Å². The maximum Gasteiger partial charge on any atom is 0.270 e. The van der Waals surface area contributed by atoms with E-state index in [-0.39, 0.29) is 12.5 Å². The zero-order chi connectivity index (χ0) is 17.3. The third-order valence-corrected chi connectivity index (χ3v) is 4.54. The van der Waals surface area contributed by atoms with E-state index in [1.807, 2.05) is 18.2 Å². The molecule has 7 nitrogen and oxygen atoms in total. The van der Waals surface area contributed by atoms with Crippen LogP contribution in [0.3, 0.4) is 0 Å². The second-order valence-electron chi connectivity index (χ2n) is 5.89. The number of ether oxygens (including phenoxy) is 3. The first-order chi connectivity index (χ1) is 11.6. The van der Waals surface area contributed by atoms with E-state index in [0.717, 1.165) is 10.9 Å². The van der Waals surface area contributed by atoms with Gasteiger partial charge in [0.2, 0.25) is 0 Å². The van der Waals surface area contributed by atoms with Crippen molar-refractivity contribution < 1.29 is 24.1 Å². The number of amides is 1. The molecule has 1 saturated heterocycles. The minimum Gasteiger partial charge on any atom is -0.496 e. The van der Waals surface area contributed by atoms with Crippen LogP contribution in [0.4, 0.5) is 0 Å². The van der Waals surface area contributed by atoms with Gasteiger partial charge in [-0.3, -0.25) is 4.79 Å². The number of benzene rings is 1. The number of nitrogens with one attached hydrogen (secondary N) is 1. The molecule has 2 heterocycles. The molecule has 1 fully saturated rings. The smallest absolute Gasteiger partial charge is 0.270 e. The highest BCUT2D eigenvalue weighted by molar-refractivity contribution is 5.99. The fourth-order valence-corrected chi connectivity index (χ4v) is 3.06. The Morgan fingerprint density at radius 3 is 2.88 bits per heavy atom. The quantitative estimate of drug-likeness (QED) is 0.872. The van der Waals surface area contributed by atoms with Crippen LogP contribution in [0.25, 0.3) is 10.9 Å². The molecule has 1 aromatic carbocycles. The average Bonchev–Trinajstić information content (AvgIpc) is 3.04. The summed E-state index contributed by atoms with van der Waals surface area (Å²) in [7, 11) is 4.77. The second kappa shape index (κ2) is 6.80. The maximum absolute atomic E-state index is 12.8. The summed E-state index contributed by atoms with van der Waals surface area (Å²) in [6, 6.07) is 6.88. The highest BCUT2D eigenvalue weighted by Gasteiger charge is 2.37. The van der Waals surface area contributed by atoms with E-state index in [0.29, 0.717) is 18.1 Å². The fourth-order valence-electron chi connectivity index (χ4n) is 3.06. The Hall–Kier alpha value is -2.09. The van der Waals surface area contributed by atoms with Crippen molar-refractivity contribution in [1.29, 1.82) is 0 Å². The van der Waals surface area contributed by atoms with Gasteiger partial charge in [-0.05, 0) is 18.2 Å². The minimum absolute atomic E-state index is 0.224. The largest absolute Gasteiger partial charge is 0.496 e. The number of methoxy groups -OCH3 is 2. The normalized spacial score (nSPS) is 24.1. The zero-order valence-corrected chi connectivity index (χ0v) is 14.0. The van der Waals surface area contributed by atoms with Crippen LogP contribution in [-0.4, -0.2) is 73.6 Å². The lowest BCUT2D eigenvalue weighted by atomic mass is 10.0. The van der Waals surface area contributed by atoms with E-state index >= 15 is 0 Å². The molecule has 3 rings (SSSR count). The number of aromatic amines is 1. The number of hydrogen-bond donors (Lipinski definition) is 2. The topological polar surface area (TPSA) is 84.0 Å². The highest BCUT2D eigenvalue weighted by Crippen LogP contribution is 2.27. The van der Waals surface area contributed by atoms with Crippen LogP contribution in [0.5, 0.6) is 5.75 Å². The molecule has 24 heavy (non-hydrogen) atoms. The standard InChI is InChI=1S/C17H22N2O5/c1-19(13-8-24-9-15(23-3)16(13)20)17(21)12-7-10-11(18-12)5-4-6-14(10)22-2/h4-7,13,15-16,18,20H,8-9H2,1-3H3/t13-,15-,16+/m1/s1. The van der Waals surface area contributed by atoms with Crippen LogP contribution in [0, 0.1) is 0 Å². The third kappa shape index (κ3) is 2.86. The van der Waals surface area contributed by atoms with Gasteiger partial charge in [0.15, 0.2) is 0 Å². The van der Waals surface area contributed by atoms with Gasteiger partial charge < -0.3 is 29.2 Å². The van der Waals surface area contributed by atoms with Crippen molar-refractivity contribution in [3.05, 3.63) is 30.0 Å². The minimum atomic E-state index is -0.795. The molecule has 2 N–H and O–H groups in total. The molecule has 0 radical (unpaired) electrons. The van der Waals surface area contributed by atoms with E-state index in [4.69, 9.17) is 14.2 Å². The van der Waals surface area contributed by atoms with Gasteiger partial charge in [-0.15, -0.1) is 0 Å². The summed E-state index contributed by atoms with van der Waals surface area (Å²) >= 11 is 0. The van der Waals surface area contributed by atoms with E-state index in [1.54, 1.807) is 20.2 Å². The van der Waals surface area contributed by atoms with Gasteiger partial charge in [-0.25, -0.2) is 0 Å². The number of nitrogens with zero attached hydrogens (tertiary/aromatic N) is 1. The number of fused-ring (bicyclic) bond motifs is 1. The fraction of sp³-hybridized carbons (Fsp3) is 0.471. The monoisotopic (exact) mass is 334 g/mol. The first kappa shape index (κ1) is 16.8. The molecule has 3 atom stereocenters.